The summed E-state index contributed by atoms with van der Waals surface area (Å²) in [6, 6.07) is 10.9. The fraction of sp³-hybridized carbons (Fsp3) is 0.438. The van der Waals surface area contributed by atoms with Gasteiger partial charge in [-0.25, -0.2) is 0 Å². The van der Waals surface area contributed by atoms with Crippen LogP contribution in [0.3, 0.4) is 0 Å². The van der Waals surface area contributed by atoms with E-state index in [9.17, 15) is 0 Å². The second kappa shape index (κ2) is 4.82. The van der Waals surface area contributed by atoms with Gasteiger partial charge in [-0.05, 0) is 42.9 Å². The SMILES string of the molecule is Cn1nccc1CCC1(CN)CCc2ccccc21. The van der Waals surface area contributed by atoms with Crippen LogP contribution in [0.15, 0.2) is 36.5 Å². The topological polar surface area (TPSA) is 43.8 Å². The van der Waals surface area contributed by atoms with Gasteiger partial charge >= 0.3 is 0 Å². The van der Waals surface area contributed by atoms with Crippen molar-refractivity contribution in [2.24, 2.45) is 12.8 Å². The molecule has 100 valence electrons. The van der Waals surface area contributed by atoms with Gasteiger partial charge in [-0.1, -0.05) is 24.3 Å². The average molecular weight is 255 g/mol. The summed E-state index contributed by atoms with van der Waals surface area (Å²) in [7, 11) is 2.01. The van der Waals surface area contributed by atoms with Crippen molar-refractivity contribution in [3.63, 3.8) is 0 Å². The Morgan fingerprint density at radius 2 is 2.16 bits per heavy atom. The van der Waals surface area contributed by atoms with E-state index in [1.165, 1.54) is 29.7 Å². The second-order valence-electron chi connectivity index (χ2n) is 5.59. The van der Waals surface area contributed by atoms with Gasteiger partial charge in [0.1, 0.15) is 0 Å². The van der Waals surface area contributed by atoms with Gasteiger partial charge in [0.2, 0.25) is 0 Å². The van der Waals surface area contributed by atoms with Crippen LogP contribution in [-0.2, 0) is 25.3 Å². The van der Waals surface area contributed by atoms with E-state index in [1.807, 2.05) is 17.9 Å². The van der Waals surface area contributed by atoms with Crippen molar-refractivity contribution < 1.29 is 0 Å². The summed E-state index contributed by atoms with van der Waals surface area (Å²) in [5.74, 6) is 0. The molecule has 2 aromatic rings. The monoisotopic (exact) mass is 255 g/mol. The van der Waals surface area contributed by atoms with Gasteiger partial charge in [0.15, 0.2) is 0 Å². The molecule has 0 spiro atoms. The van der Waals surface area contributed by atoms with Crippen molar-refractivity contribution in [2.75, 3.05) is 6.54 Å². The highest BCUT2D eigenvalue weighted by Crippen LogP contribution is 2.41. The molecule has 1 aliphatic carbocycles. The van der Waals surface area contributed by atoms with Gasteiger partial charge < -0.3 is 5.73 Å². The van der Waals surface area contributed by atoms with Crippen LogP contribution in [0, 0.1) is 0 Å². The lowest BCUT2D eigenvalue weighted by molar-refractivity contribution is 0.397. The molecule has 0 fully saturated rings. The first-order valence-electron chi connectivity index (χ1n) is 7.00. The minimum absolute atomic E-state index is 0.168. The summed E-state index contributed by atoms with van der Waals surface area (Å²) in [6.45, 7) is 0.738. The molecule has 1 aliphatic rings. The number of hydrogen-bond donors (Lipinski definition) is 1. The lowest BCUT2D eigenvalue weighted by Gasteiger charge is -2.29. The molecule has 19 heavy (non-hydrogen) atoms. The van der Waals surface area contributed by atoms with Crippen LogP contribution in [0.2, 0.25) is 0 Å². The number of aromatic nitrogens is 2. The Kier molecular flexibility index (Phi) is 3.15. The van der Waals surface area contributed by atoms with Crippen LogP contribution in [-0.4, -0.2) is 16.3 Å². The lowest BCUT2D eigenvalue weighted by Crippen LogP contribution is -2.33. The fourth-order valence-corrected chi connectivity index (χ4v) is 3.35. The van der Waals surface area contributed by atoms with Gasteiger partial charge in [-0.15, -0.1) is 0 Å². The minimum atomic E-state index is 0.168. The average Bonchev–Trinajstić information content (AvgIpc) is 3.01. The van der Waals surface area contributed by atoms with Gasteiger partial charge in [-0.3, -0.25) is 4.68 Å². The number of fused-ring (bicyclic) bond motifs is 1. The lowest BCUT2D eigenvalue weighted by atomic mass is 9.77. The van der Waals surface area contributed by atoms with Crippen molar-refractivity contribution in [1.29, 1.82) is 0 Å². The van der Waals surface area contributed by atoms with Gasteiger partial charge in [-0.2, -0.15) is 5.10 Å². The van der Waals surface area contributed by atoms with Crippen LogP contribution >= 0.6 is 0 Å². The molecule has 1 heterocycles. The van der Waals surface area contributed by atoms with Crippen LogP contribution in [0.1, 0.15) is 29.7 Å². The largest absolute Gasteiger partial charge is 0.330 e. The Hall–Kier alpha value is -1.61. The third-order valence-corrected chi connectivity index (χ3v) is 4.63. The summed E-state index contributed by atoms with van der Waals surface area (Å²) in [6.07, 6.45) is 6.37. The number of nitrogens with two attached hydrogens (primary N) is 1. The van der Waals surface area contributed by atoms with E-state index < -0.39 is 0 Å². The molecule has 3 rings (SSSR count). The van der Waals surface area contributed by atoms with Crippen molar-refractivity contribution >= 4 is 0 Å². The molecule has 1 atom stereocenters. The normalized spacial score (nSPS) is 21.6. The molecule has 0 aliphatic heterocycles. The highest BCUT2D eigenvalue weighted by Gasteiger charge is 2.36. The van der Waals surface area contributed by atoms with E-state index in [2.05, 4.69) is 35.4 Å². The highest BCUT2D eigenvalue weighted by molar-refractivity contribution is 5.39. The minimum Gasteiger partial charge on any atom is -0.330 e. The Labute approximate surface area is 114 Å². The van der Waals surface area contributed by atoms with E-state index in [0.29, 0.717) is 0 Å². The van der Waals surface area contributed by atoms with E-state index >= 15 is 0 Å². The summed E-state index contributed by atoms with van der Waals surface area (Å²) in [4.78, 5) is 0. The molecule has 0 saturated heterocycles. The molecule has 3 heteroatoms. The summed E-state index contributed by atoms with van der Waals surface area (Å²) >= 11 is 0. The molecule has 1 aromatic heterocycles. The fourth-order valence-electron chi connectivity index (χ4n) is 3.35. The number of aryl methyl sites for hydroxylation is 3. The van der Waals surface area contributed by atoms with Crippen molar-refractivity contribution in [3.05, 3.63) is 53.3 Å². The van der Waals surface area contributed by atoms with E-state index in [0.717, 1.165) is 19.4 Å². The maximum atomic E-state index is 6.14. The van der Waals surface area contributed by atoms with Crippen molar-refractivity contribution in [1.82, 2.24) is 9.78 Å². The molecule has 0 amide bonds. The smallest absolute Gasteiger partial charge is 0.0492 e. The molecular weight excluding hydrogens is 234 g/mol. The van der Waals surface area contributed by atoms with Crippen molar-refractivity contribution in [2.45, 2.75) is 31.1 Å². The zero-order valence-corrected chi connectivity index (χ0v) is 11.5. The number of benzene rings is 1. The molecule has 1 aromatic carbocycles. The Morgan fingerprint density at radius 1 is 1.32 bits per heavy atom. The van der Waals surface area contributed by atoms with E-state index in [-0.39, 0.29) is 5.41 Å². The first-order chi connectivity index (χ1) is 9.25. The first kappa shape index (κ1) is 12.4. The van der Waals surface area contributed by atoms with Crippen LogP contribution in [0.4, 0.5) is 0 Å². The predicted molar refractivity (Wildman–Crippen MR) is 77.0 cm³/mol. The standard InChI is InChI=1S/C16H21N3/c1-19-14(8-11-18-19)7-10-16(12-17)9-6-13-4-2-3-5-15(13)16/h2-5,8,11H,6-7,9-10,12,17H2,1H3. The molecule has 1 unspecified atom stereocenters. The Balaban J connectivity index is 1.84. The maximum Gasteiger partial charge on any atom is 0.0492 e. The molecule has 2 N–H and O–H groups in total. The van der Waals surface area contributed by atoms with E-state index in [1.54, 1.807) is 0 Å². The molecular formula is C16H21N3. The number of hydrogen-bond acceptors (Lipinski definition) is 2. The third-order valence-electron chi connectivity index (χ3n) is 4.63. The van der Waals surface area contributed by atoms with E-state index in [4.69, 9.17) is 5.73 Å². The Morgan fingerprint density at radius 3 is 2.89 bits per heavy atom. The quantitative estimate of drug-likeness (QED) is 0.910. The summed E-state index contributed by atoms with van der Waals surface area (Å²) < 4.78 is 1.96. The van der Waals surface area contributed by atoms with Crippen molar-refractivity contribution in [3.8, 4) is 0 Å². The molecule has 3 nitrogen and oxygen atoms in total. The number of nitrogens with zero attached hydrogens (tertiary/aromatic N) is 2. The summed E-state index contributed by atoms with van der Waals surface area (Å²) in [5, 5.41) is 4.24. The zero-order valence-electron chi connectivity index (χ0n) is 11.5. The number of rotatable bonds is 4. The highest BCUT2D eigenvalue weighted by atomic mass is 15.2. The first-order valence-corrected chi connectivity index (χ1v) is 7.00. The zero-order chi connectivity index (χ0) is 13.3. The third kappa shape index (κ3) is 2.08. The molecule has 0 bridgehead atoms. The van der Waals surface area contributed by atoms with Crippen LogP contribution in [0.25, 0.3) is 0 Å². The molecule has 0 radical (unpaired) electrons. The van der Waals surface area contributed by atoms with Crippen LogP contribution < -0.4 is 5.73 Å². The predicted octanol–water partition coefficient (Wildman–Crippen LogP) is 2.20. The van der Waals surface area contributed by atoms with Gasteiger partial charge in [0.25, 0.3) is 0 Å². The second-order valence-corrected chi connectivity index (χ2v) is 5.59. The van der Waals surface area contributed by atoms with Gasteiger partial charge in [0.05, 0.1) is 0 Å². The summed E-state index contributed by atoms with van der Waals surface area (Å²) in [5.41, 5.74) is 10.6. The van der Waals surface area contributed by atoms with Gasteiger partial charge in [0, 0.05) is 30.9 Å². The maximum absolute atomic E-state index is 6.14. The molecule has 0 saturated carbocycles. The van der Waals surface area contributed by atoms with Crippen LogP contribution in [0.5, 0.6) is 0 Å². The Bertz CT molecular complexity index is 573.